The number of aromatic nitrogens is 2. The lowest BCUT2D eigenvalue weighted by molar-refractivity contribution is -0.130. The van der Waals surface area contributed by atoms with Crippen LogP contribution in [0, 0.1) is 12.8 Å². The lowest BCUT2D eigenvalue weighted by Gasteiger charge is -2.35. The third-order valence-electron chi connectivity index (χ3n) is 6.24. The molecule has 0 aliphatic carbocycles. The van der Waals surface area contributed by atoms with E-state index in [9.17, 15) is 9.59 Å². The predicted octanol–water partition coefficient (Wildman–Crippen LogP) is 3.94. The zero-order valence-electron chi connectivity index (χ0n) is 19.3. The van der Waals surface area contributed by atoms with Gasteiger partial charge in [0.2, 0.25) is 11.8 Å². The van der Waals surface area contributed by atoms with E-state index in [1.807, 2.05) is 87.5 Å². The lowest BCUT2D eigenvalue weighted by Crippen LogP contribution is -2.57. The van der Waals surface area contributed by atoms with E-state index >= 15 is 0 Å². The highest BCUT2D eigenvalue weighted by molar-refractivity contribution is 5.91. The van der Waals surface area contributed by atoms with Crippen LogP contribution in [-0.4, -0.2) is 27.6 Å². The van der Waals surface area contributed by atoms with Gasteiger partial charge in [-0.3, -0.25) is 14.9 Å². The fourth-order valence-corrected chi connectivity index (χ4v) is 4.53. The van der Waals surface area contributed by atoms with Crippen molar-refractivity contribution < 1.29 is 9.59 Å². The van der Waals surface area contributed by atoms with Gasteiger partial charge in [0.1, 0.15) is 5.82 Å². The second-order valence-electron chi connectivity index (χ2n) is 8.62. The fraction of sp³-hybridized carbons (Fsp3) is 0.346. The number of amides is 2. The van der Waals surface area contributed by atoms with Crippen molar-refractivity contribution >= 4 is 17.6 Å². The molecule has 1 aromatic heterocycles. The number of hydrogen-bond donors (Lipinski definition) is 3. The first kappa shape index (κ1) is 22.7. The van der Waals surface area contributed by atoms with Gasteiger partial charge >= 0.3 is 0 Å². The highest BCUT2D eigenvalue weighted by Gasteiger charge is 2.34. The summed E-state index contributed by atoms with van der Waals surface area (Å²) in [5, 5.41) is 13.9. The summed E-state index contributed by atoms with van der Waals surface area (Å²) in [6.07, 6.45) is 0.532. The average Bonchev–Trinajstić information content (AvgIpc) is 3.18. The normalized spacial score (nSPS) is 20.5. The Morgan fingerprint density at radius 3 is 2.24 bits per heavy atom. The number of carbonyl (C=O) groups excluding carboxylic acids is 2. The zero-order chi connectivity index (χ0) is 23.4. The van der Waals surface area contributed by atoms with Crippen LogP contribution in [-0.2, 0) is 9.59 Å². The van der Waals surface area contributed by atoms with Crippen molar-refractivity contribution in [3.8, 4) is 0 Å². The van der Waals surface area contributed by atoms with E-state index in [0.29, 0.717) is 5.82 Å². The fourth-order valence-electron chi connectivity index (χ4n) is 4.53. The summed E-state index contributed by atoms with van der Waals surface area (Å²) < 4.78 is 1.65. The highest BCUT2D eigenvalue weighted by atomic mass is 16.2. The summed E-state index contributed by atoms with van der Waals surface area (Å²) in [6.45, 7) is 5.87. The maximum Gasteiger partial charge on any atom is 0.227 e. The molecule has 3 atom stereocenters. The highest BCUT2D eigenvalue weighted by Crippen LogP contribution is 2.29. The lowest BCUT2D eigenvalue weighted by atomic mass is 9.88. The molecule has 2 heterocycles. The molecule has 3 aromatic rings. The number of hydrogen-bond acceptors (Lipinski definition) is 4. The van der Waals surface area contributed by atoms with E-state index in [1.54, 1.807) is 4.68 Å². The summed E-state index contributed by atoms with van der Waals surface area (Å²) in [7, 11) is 0. The summed E-state index contributed by atoms with van der Waals surface area (Å²) >= 11 is 0. The summed E-state index contributed by atoms with van der Waals surface area (Å²) in [6, 6.07) is 21.9. The quantitative estimate of drug-likeness (QED) is 0.514. The average molecular weight is 446 g/mol. The Bertz CT molecular complexity index is 1060. The predicted molar refractivity (Wildman–Crippen MR) is 128 cm³/mol. The molecule has 7 heteroatoms. The Labute approximate surface area is 194 Å². The van der Waals surface area contributed by atoms with E-state index in [-0.39, 0.29) is 36.1 Å². The molecule has 172 valence electrons. The minimum absolute atomic E-state index is 0.00218. The van der Waals surface area contributed by atoms with E-state index in [4.69, 9.17) is 0 Å². The van der Waals surface area contributed by atoms with Gasteiger partial charge in [-0.25, -0.2) is 4.68 Å². The molecule has 0 spiro atoms. The zero-order valence-corrected chi connectivity index (χ0v) is 19.3. The standard InChI is InChI=1S/C26H31N5O2/c1-4-21-18(3)27-26(29-25(21)33)31-23(15-17(2)30-31)28-24(32)16-22(19-11-7-5-8-12-19)20-13-9-6-10-14-20/h5-15,18,21-22,26-27H,4,16H2,1-3H3,(H,28,32)(H,29,33). The van der Waals surface area contributed by atoms with Crippen molar-refractivity contribution in [1.29, 1.82) is 0 Å². The number of aryl methyl sites for hydroxylation is 1. The molecule has 3 N–H and O–H groups in total. The summed E-state index contributed by atoms with van der Waals surface area (Å²) in [5.41, 5.74) is 2.93. The van der Waals surface area contributed by atoms with Crippen LogP contribution in [0.15, 0.2) is 66.7 Å². The molecule has 4 rings (SSSR count). The Balaban J connectivity index is 1.53. The topological polar surface area (TPSA) is 88.1 Å². The molecule has 0 saturated carbocycles. The van der Waals surface area contributed by atoms with E-state index in [2.05, 4.69) is 21.0 Å². The van der Waals surface area contributed by atoms with Crippen LogP contribution < -0.4 is 16.0 Å². The summed E-state index contributed by atoms with van der Waals surface area (Å²) in [5.74, 6) is 0.274. The smallest absolute Gasteiger partial charge is 0.227 e. The first-order chi connectivity index (χ1) is 16.0. The largest absolute Gasteiger partial charge is 0.322 e. The molecule has 1 saturated heterocycles. The van der Waals surface area contributed by atoms with Crippen LogP contribution in [0.5, 0.6) is 0 Å². The molecule has 3 unspecified atom stereocenters. The maximum absolute atomic E-state index is 13.2. The monoisotopic (exact) mass is 445 g/mol. The SMILES string of the molecule is CCC1C(=O)NC(n2nc(C)cc2NC(=O)CC(c2ccccc2)c2ccccc2)NC1C. The van der Waals surface area contributed by atoms with Crippen molar-refractivity contribution in [3.63, 3.8) is 0 Å². The van der Waals surface area contributed by atoms with E-state index in [0.717, 1.165) is 23.2 Å². The van der Waals surface area contributed by atoms with Crippen molar-refractivity contribution in [2.75, 3.05) is 5.32 Å². The second-order valence-corrected chi connectivity index (χ2v) is 8.62. The molecule has 1 aliphatic heterocycles. The van der Waals surface area contributed by atoms with Gasteiger partial charge in [0.15, 0.2) is 6.29 Å². The number of anilines is 1. The van der Waals surface area contributed by atoms with Gasteiger partial charge in [-0.2, -0.15) is 5.10 Å². The molecule has 1 aliphatic rings. The van der Waals surface area contributed by atoms with Crippen molar-refractivity contribution in [2.45, 2.75) is 51.9 Å². The van der Waals surface area contributed by atoms with Gasteiger partial charge in [0.25, 0.3) is 0 Å². The van der Waals surface area contributed by atoms with Crippen LogP contribution in [0.1, 0.15) is 55.7 Å². The minimum atomic E-state index is -0.515. The van der Waals surface area contributed by atoms with Crippen LogP contribution in [0.2, 0.25) is 0 Å². The van der Waals surface area contributed by atoms with Crippen molar-refractivity contribution in [3.05, 3.63) is 83.6 Å². The molecule has 33 heavy (non-hydrogen) atoms. The van der Waals surface area contributed by atoms with Crippen LogP contribution in [0.4, 0.5) is 5.82 Å². The molecule has 1 fully saturated rings. The number of carbonyl (C=O) groups is 2. The second kappa shape index (κ2) is 10.0. The van der Waals surface area contributed by atoms with Crippen molar-refractivity contribution in [1.82, 2.24) is 20.4 Å². The Hall–Kier alpha value is -3.45. The number of nitrogens with zero attached hydrogens (tertiary/aromatic N) is 2. The summed E-state index contributed by atoms with van der Waals surface area (Å²) in [4.78, 5) is 25.7. The molecule has 0 radical (unpaired) electrons. The van der Waals surface area contributed by atoms with Crippen LogP contribution in [0.3, 0.4) is 0 Å². The number of rotatable bonds is 7. The molecule has 2 amide bonds. The first-order valence-electron chi connectivity index (χ1n) is 11.5. The number of nitrogens with one attached hydrogen (secondary N) is 3. The van der Waals surface area contributed by atoms with Crippen molar-refractivity contribution in [2.24, 2.45) is 5.92 Å². The number of benzene rings is 2. The van der Waals surface area contributed by atoms with Gasteiger partial charge in [0.05, 0.1) is 11.6 Å². The van der Waals surface area contributed by atoms with Gasteiger partial charge < -0.3 is 10.6 Å². The van der Waals surface area contributed by atoms with Gasteiger partial charge in [0, 0.05) is 24.4 Å². The van der Waals surface area contributed by atoms with Crippen LogP contribution in [0.25, 0.3) is 0 Å². The van der Waals surface area contributed by atoms with E-state index in [1.165, 1.54) is 0 Å². The van der Waals surface area contributed by atoms with Gasteiger partial charge in [-0.1, -0.05) is 67.6 Å². The Morgan fingerprint density at radius 1 is 1.09 bits per heavy atom. The molecule has 0 bridgehead atoms. The molecular weight excluding hydrogens is 414 g/mol. The van der Waals surface area contributed by atoms with Gasteiger partial charge in [-0.05, 0) is 31.4 Å². The first-order valence-corrected chi connectivity index (χ1v) is 11.5. The minimum Gasteiger partial charge on any atom is -0.322 e. The Kier molecular flexibility index (Phi) is 6.89. The molecule has 7 nitrogen and oxygen atoms in total. The third kappa shape index (κ3) is 5.14. The van der Waals surface area contributed by atoms with E-state index < -0.39 is 6.29 Å². The third-order valence-corrected chi connectivity index (χ3v) is 6.24. The molecular formula is C26H31N5O2. The molecule has 2 aromatic carbocycles. The van der Waals surface area contributed by atoms with Crippen LogP contribution >= 0.6 is 0 Å². The Morgan fingerprint density at radius 2 is 1.70 bits per heavy atom. The maximum atomic E-state index is 13.2. The van der Waals surface area contributed by atoms with Gasteiger partial charge in [-0.15, -0.1) is 0 Å².